The van der Waals surface area contributed by atoms with Crippen LogP contribution in [0.5, 0.6) is 0 Å². The average molecular weight is 230 g/mol. The highest BCUT2D eigenvalue weighted by Crippen LogP contribution is 2.11. The molecule has 1 aromatic heterocycles. The molecular formula is C11H20ClN3. The highest BCUT2D eigenvalue weighted by atomic mass is 35.5. The number of pyridine rings is 1. The van der Waals surface area contributed by atoms with Gasteiger partial charge in [-0.25, -0.2) is 4.98 Å². The zero-order chi connectivity index (χ0) is 10.2. The number of anilines is 2. The van der Waals surface area contributed by atoms with Crippen LogP contribution in [0.15, 0.2) is 18.3 Å². The van der Waals surface area contributed by atoms with Crippen molar-refractivity contribution in [2.24, 2.45) is 0 Å². The number of aromatic nitrogens is 1. The summed E-state index contributed by atoms with van der Waals surface area (Å²) in [4.78, 5) is 4.23. The van der Waals surface area contributed by atoms with Crippen LogP contribution in [0.2, 0.25) is 0 Å². The van der Waals surface area contributed by atoms with Gasteiger partial charge in [0.05, 0.1) is 0 Å². The number of hydrogen-bond donors (Lipinski definition) is 2. The zero-order valence-electron chi connectivity index (χ0n) is 9.42. The summed E-state index contributed by atoms with van der Waals surface area (Å²) >= 11 is 0. The Hall–Kier alpha value is -0.960. The van der Waals surface area contributed by atoms with Crippen LogP contribution in [0.3, 0.4) is 0 Å². The van der Waals surface area contributed by atoms with Gasteiger partial charge in [-0.1, -0.05) is 13.8 Å². The van der Waals surface area contributed by atoms with Gasteiger partial charge in [-0.15, -0.1) is 12.4 Å². The van der Waals surface area contributed by atoms with E-state index in [2.05, 4.69) is 29.5 Å². The van der Waals surface area contributed by atoms with Gasteiger partial charge in [-0.3, -0.25) is 0 Å². The van der Waals surface area contributed by atoms with E-state index in [9.17, 15) is 0 Å². The molecule has 4 heteroatoms. The van der Waals surface area contributed by atoms with Crippen LogP contribution in [-0.2, 0) is 0 Å². The van der Waals surface area contributed by atoms with Crippen molar-refractivity contribution in [2.75, 3.05) is 23.7 Å². The van der Waals surface area contributed by atoms with Gasteiger partial charge in [0.2, 0.25) is 0 Å². The topological polar surface area (TPSA) is 37.0 Å². The van der Waals surface area contributed by atoms with Crippen LogP contribution < -0.4 is 10.6 Å². The Morgan fingerprint density at radius 2 is 1.80 bits per heavy atom. The maximum absolute atomic E-state index is 4.23. The predicted octanol–water partition coefficient (Wildman–Crippen LogP) is 3.15. The van der Waals surface area contributed by atoms with Crippen molar-refractivity contribution in [3.05, 3.63) is 18.3 Å². The van der Waals surface area contributed by atoms with Crippen LogP contribution in [0, 0.1) is 0 Å². The first-order valence-electron chi connectivity index (χ1n) is 5.30. The highest BCUT2D eigenvalue weighted by Gasteiger charge is 1.94. The lowest BCUT2D eigenvalue weighted by Crippen LogP contribution is -2.04. The van der Waals surface area contributed by atoms with Crippen LogP contribution in [0.1, 0.15) is 26.7 Å². The molecular weight excluding hydrogens is 210 g/mol. The Bertz CT molecular complexity index is 243. The van der Waals surface area contributed by atoms with Crippen molar-refractivity contribution in [1.29, 1.82) is 0 Å². The minimum Gasteiger partial charge on any atom is -0.385 e. The molecule has 0 unspecified atom stereocenters. The summed E-state index contributed by atoms with van der Waals surface area (Å²) in [7, 11) is 0. The van der Waals surface area contributed by atoms with Gasteiger partial charge in [0.1, 0.15) is 5.82 Å². The van der Waals surface area contributed by atoms with E-state index in [4.69, 9.17) is 0 Å². The highest BCUT2D eigenvalue weighted by molar-refractivity contribution is 5.85. The summed E-state index contributed by atoms with van der Waals surface area (Å²) in [6, 6.07) is 4.04. The molecule has 2 N–H and O–H groups in total. The van der Waals surface area contributed by atoms with Crippen molar-refractivity contribution >= 4 is 23.9 Å². The summed E-state index contributed by atoms with van der Waals surface area (Å²) in [6.45, 7) is 6.29. The Kier molecular flexibility index (Phi) is 7.82. The van der Waals surface area contributed by atoms with E-state index in [0.717, 1.165) is 37.4 Å². The average Bonchev–Trinajstić information content (AvgIpc) is 2.24. The largest absolute Gasteiger partial charge is 0.385 e. The Morgan fingerprint density at radius 1 is 1.13 bits per heavy atom. The first-order valence-corrected chi connectivity index (χ1v) is 5.30. The lowest BCUT2D eigenvalue weighted by atomic mass is 10.3. The van der Waals surface area contributed by atoms with Gasteiger partial charge in [-0.05, 0) is 18.9 Å². The van der Waals surface area contributed by atoms with Gasteiger partial charge in [0.25, 0.3) is 0 Å². The lowest BCUT2D eigenvalue weighted by Gasteiger charge is -2.07. The van der Waals surface area contributed by atoms with Crippen LogP contribution in [-0.4, -0.2) is 18.1 Å². The van der Waals surface area contributed by atoms with Gasteiger partial charge < -0.3 is 10.6 Å². The molecule has 3 nitrogen and oxygen atoms in total. The van der Waals surface area contributed by atoms with Crippen LogP contribution in [0.25, 0.3) is 0 Å². The Balaban J connectivity index is 0.00000196. The van der Waals surface area contributed by atoms with E-state index in [0.29, 0.717) is 0 Å². The molecule has 0 saturated heterocycles. The molecule has 1 rings (SSSR count). The molecule has 0 amide bonds. The Morgan fingerprint density at radius 3 is 2.47 bits per heavy atom. The third-order valence-electron chi connectivity index (χ3n) is 1.90. The maximum Gasteiger partial charge on any atom is 0.127 e. The normalized spacial score (nSPS) is 9.20. The summed E-state index contributed by atoms with van der Waals surface area (Å²) in [5.41, 5.74) is 1.14. The fraction of sp³-hybridized carbons (Fsp3) is 0.545. The summed E-state index contributed by atoms with van der Waals surface area (Å²) in [5, 5.41) is 6.59. The van der Waals surface area contributed by atoms with Gasteiger partial charge in [0, 0.05) is 31.0 Å². The van der Waals surface area contributed by atoms with E-state index >= 15 is 0 Å². The Labute approximate surface area is 98.1 Å². The minimum absolute atomic E-state index is 0. The SMILES string of the molecule is CCCNc1ccnc(NCCC)c1.Cl. The van der Waals surface area contributed by atoms with E-state index < -0.39 is 0 Å². The third kappa shape index (κ3) is 5.47. The van der Waals surface area contributed by atoms with Crippen LogP contribution >= 0.6 is 12.4 Å². The predicted molar refractivity (Wildman–Crippen MR) is 69.0 cm³/mol. The second kappa shape index (κ2) is 8.36. The molecule has 0 bridgehead atoms. The molecule has 0 spiro atoms. The van der Waals surface area contributed by atoms with Gasteiger partial charge in [0.15, 0.2) is 0 Å². The molecule has 0 aliphatic rings. The first-order chi connectivity index (χ1) is 6.86. The molecule has 0 saturated carbocycles. The summed E-state index contributed by atoms with van der Waals surface area (Å²) < 4.78 is 0. The van der Waals surface area contributed by atoms with Crippen LogP contribution in [0.4, 0.5) is 11.5 Å². The molecule has 86 valence electrons. The minimum atomic E-state index is 0. The molecule has 0 fully saturated rings. The van der Waals surface area contributed by atoms with E-state index in [1.807, 2.05) is 18.3 Å². The number of nitrogens with one attached hydrogen (secondary N) is 2. The van der Waals surface area contributed by atoms with Crippen molar-refractivity contribution in [3.8, 4) is 0 Å². The summed E-state index contributed by atoms with van der Waals surface area (Å²) in [6.07, 6.45) is 4.09. The molecule has 15 heavy (non-hydrogen) atoms. The third-order valence-corrected chi connectivity index (χ3v) is 1.90. The van der Waals surface area contributed by atoms with Gasteiger partial charge >= 0.3 is 0 Å². The molecule has 0 radical (unpaired) electrons. The lowest BCUT2D eigenvalue weighted by molar-refractivity contribution is 0.964. The second-order valence-electron chi connectivity index (χ2n) is 3.28. The number of rotatable bonds is 6. The molecule has 0 aliphatic carbocycles. The fourth-order valence-electron chi connectivity index (χ4n) is 1.16. The molecule has 0 atom stereocenters. The molecule has 0 aliphatic heterocycles. The van der Waals surface area contributed by atoms with Gasteiger partial charge in [-0.2, -0.15) is 0 Å². The summed E-state index contributed by atoms with van der Waals surface area (Å²) in [5.74, 6) is 0.952. The fourth-order valence-corrected chi connectivity index (χ4v) is 1.16. The molecule has 1 heterocycles. The van der Waals surface area contributed by atoms with Crippen molar-refractivity contribution < 1.29 is 0 Å². The van der Waals surface area contributed by atoms with E-state index in [1.54, 1.807) is 0 Å². The molecule has 1 aromatic rings. The quantitative estimate of drug-likeness (QED) is 0.787. The number of halogens is 1. The van der Waals surface area contributed by atoms with E-state index in [-0.39, 0.29) is 12.4 Å². The van der Waals surface area contributed by atoms with Crippen molar-refractivity contribution in [2.45, 2.75) is 26.7 Å². The van der Waals surface area contributed by atoms with Crippen molar-refractivity contribution in [1.82, 2.24) is 4.98 Å². The maximum atomic E-state index is 4.23. The van der Waals surface area contributed by atoms with Crippen molar-refractivity contribution in [3.63, 3.8) is 0 Å². The van der Waals surface area contributed by atoms with E-state index in [1.165, 1.54) is 0 Å². The number of nitrogens with zero attached hydrogens (tertiary/aromatic N) is 1. The smallest absolute Gasteiger partial charge is 0.127 e. The molecule has 0 aromatic carbocycles. The second-order valence-corrected chi connectivity index (χ2v) is 3.28. The number of hydrogen-bond acceptors (Lipinski definition) is 3. The zero-order valence-corrected chi connectivity index (χ0v) is 10.2. The standard InChI is InChI=1S/C11H19N3.ClH/c1-3-6-12-10-5-8-14-11(9-10)13-7-4-2;/h5,8-9H,3-4,6-7H2,1-2H3,(H2,12,13,14);1H. The first kappa shape index (κ1) is 14.0. The monoisotopic (exact) mass is 229 g/mol.